The number of benzene rings is 3. The maximum atomic E-state index is 11.7. The quantitative estimate of drug-likeness (QED) is 0.0927. The summed E-state index contributed by atoms with van der Waals surface area (Å²) in [6, 6.07) is 21.3. The maximum absolute atomic E-state index is 11.7. The summed E-state index contributed by atoms with van der Waals surface area (Å²) in [5, 5.41) is 16.8. The van der Waals surface area contributed by atoms with E-state index in [-0.39, 0.29) is 13.2 Å². The van der Waals surface area contributed by atoms with Crippen LogP contribution in [0.25, 0.3) is 0 Å². The third-order valence-corrected chi connectivity index (χ3v) is 6.81. The van der Waals surface area contributed by atoms with E-state index in [2.05, 4.69) is 25.1 Å². The summed E-state index contributed by atoms with van der Waals surface area (Å²) in [5.41, 5.74) is 2.69. The van der Waals surface area contributed by atoms with Gasteiger partial charge >= 0.3 is 18.3 Å². The summed E-state index contributed by atoms with van der Waals surface area (Å²) >= 11 is 0. The molecule has 1 aromatic heterocycles. The summed E-state index contributed by atoms with van der Waals surface area (Å²) in [6.07, 6.45) is 4.86. The SMILES string of the molecule is CC.CC(C)(C)OC(=O)Nc1cccc(CO)c1.CC(C)(C)OC(=O)Nc1cccc(COS(C)(=O)=O)c1.CC(C)(C)OC(=O)Nc1cccc(Cn2ccnc2)c1. The fourth-order valence-corrected chi connectivity index (χ4v) is 4.61. The number of carbonyl (C=O) groups is 3. The number of hydrogen-bond donors (Lipinski definition) is 4. The first-order valence-electron chi connectivity index (χ1n) is 18.6. The molecule has 58 heavy (non-hydrogen) atoms. The fourth-order valence-electron chi connectivity index (χ4n) is 4.26. The van der Waals surface area contributed by atoms with Crippen LogP contribution in [0.2, 0.25) is 0 Å². The third-order valence-electron chi connectivity index (χ3n) is 6.26. The van der Waals surface area contributed by atoms with Crippen molar-refractivity contribution in [1.29, 1.82) is 0 Å². The zero-order valence-corrected chi connectivity index (χ0v) is 36.5. The topological polar surface area (TPSA) is 196 Å². The first-order chi connectivity index (χ1) is 26.9. The largest absolute Gasteiger partial charge is 0.444 e. The van der Waals surface area contributed by atoms with Crippen molar-refractivity contribution in [3.63, 3.8) is 0 Å². The van der Waals surface area contributed by atoms with E-state index in [0.29, 0.717) is 23.5 Å². The molecule has 15 nitrogen and oxygen atoms in total. The summed E-state index contributed by atoms with van der Waals surface area (Å²) in [6.45, 7) is 20.8. The van der Waals surface area contributed by atoms with Crippen molar-refractivity contribution < 1.29 is 46.3 Å². The summed E-state index contributed by atoms with van der Waals surface area (Å²) in [4.78, 5) is 38.7. The number of aromatic nitrogens is 2. The van der Waals surface area contributed by atoms with Crippen LogP contribution < -0.4 is 16.0 Å². The van der Waals surface area contributed by atoms with Crippen LogP contribution in [0.15, 0.2) is 91.5 Å². The molecule has 0 fully saturated rings. The van der Waals surface area contributed by atoms with Gasteiger partial charge in [0, 0.05) is 36.0 Å². The van der Waals surface area contributed by atoms with Gasteiger partial charge in [0.1, 0.15) is 16.8 Å². The number of amides is 3. The van der Waals surface area contributed by atoms with Crippen LogP contribution in [0.1, 0.15) is 92.9 Å². The maximum Gasteiger partial charge on any atom is 0.412 e. The predicted octanol–water partition coefficient (Wildman–Crippen LogP) is 9.34. The Labute approximate surface area is 343 Å². The van der Waals surface area contributed by atoms with Gasteiger partial charge in [-0.05, 0) is 115 Å². The zero-order valence-electron chi connectivity index (χ0n) is 35.7. The number of nitrogens with one attached hydrogen (secondary N) is 3. The second-order valence-corrected chi connectivity index (χ2v) is 17.0. The molecule has 16 heteroatoms. The minimum atomic E-state index is -3.49. The summed E-state index contributed by atoms with van der Waals surface area (Å²) < 4.78 is 43.9. The highest BCUT2D eigenvalue weighted by atomic mass is 32.2. The van der Waals surface area contributed by atoms with Crippen molar-refractivity contribution in [2.75, 3.05) is 22.2 Å². The molecule has 3 aromatic carbocycles. The Morgan fingerprint density at radius 3 is 1.40 bits per heavy atom. The van der Waals surface area contributed by atoms with Gasteiger partial charge in [0.15, 0.2) is 0 Å². The lowest BCUT2D eigenvalue weighted by Crippen LogP contribution is -2.27. The number of aliphatic hydroxyl groups excluding tert-OH is 1. The standard InChI is InChI=1S/C15H19N3O2.C13H19NO5S.C12H17NO3.C2H6/c1-15(2,3)20-14(19)17-13-6-4-5-12(9-13)10-18-8-7-16-11-18;1-13(2,3)19-12(15)14-11-7-5-6-10(8-11)9-18-20(4,16)17;1-12(2,3)16-11(15)13-10-6-4-5-9(7-10)8-14;1-2/h4-9,11H,10H2,1-3H3,(H,17,19);5-8H,9H2,1-4H3,(H,14,15);4-7,14H,8H2,1-3H3,(H,13,15);1-2H3. The van der Waals surface area contributed by atoms with Crippen molar-refractivity contribution in [1.82, 2.24) is 9.55 Å². The van der Waals surface area contributed by atoms with Crippen LogP contribution in [0.5, 0.6) is 0 Å². The normalized spacial score (nSPS) is 11.1. The summed E-state index contributed by atoms with van der Waals surface area (Å²) in [5.74, 6) is 0. The van der Waals surface area contributed by atoms with Gasteiger partial charge in [0.05, 0.1) is 25.8 Å². The van der Waals surface area contributed by atoms with Crippen LogP contribution in [0.4, 0.5) is 31.4 Å². The molecule has 0 aliphatic rings. The van der Waals surface area contributed by atoms with Gasteiger partial charge in [0.25, 0.3) is 10.1 Å². The molecule has 0 radical (unpaired) electrons. The highest BCUT2D eigenvalue weighted by molar-refractivity contribution is 7.85. The molecule has 0 unspecified atom stereocenters. The molecule has 0 saturated heterocycles. The van der Waals surface area contributed by atoms with Gasteiger partial charge in [-0.15, -0.1) is 0 Å². The van der Waals surface area contributed by atoms with E-state index in [1.165, 1.54) is 0 Å². The lowest BCUT2D eigenvalue weighted by Gasteiger charge is -2.19. The molecule has 0 spiro atoms. The molecule has 0 aliphatic carbocycles. The van der Waals surface area contributed by atoms with Gasteiger partial charge in [0.2, 0.25) is 0 Å². The molecule has 0 aliphatic heterocycles. The predicted molar refractivity (Wildman–Crippen MR) is 227 cm³/mol. The van der Waals surface area contributed by atoms with Gasteiger partial charge in [-0.2, -0.15) is 8.42 Å². The van der Waals surface area contributed by atoms with Crippen molar-refractivity contribution in [3.8, 4) is 0 Å². The zero-order chi connectivity index (χ0) is 44.2. The Morgan fingerprint density at radius 2 is 1.03 bits per heavy atom. The molecule has 0 bridgehead atoms. The molecule has 3 amide bonds. The number of imidazole rings is 1. The monoisotopic (exact) mass is 827 g/mol. The molecular weight excluding hydrogens is 767 g/mol. The van der Waals surface area contributed by atoms with Crippen LogP contribution in [0.3, 0.4) is 0 Å². The third kappa shape index (κ3) is 24.9. The van der Waals surface area contributed by atoms with Crippen molar-refractivity contribution in [3.05, 3.63) is 108 Å². The molecule has 1 heterocycles. The minimum absolute atomic E-state index is 0.0517. The minimum Gasteiger partial charge on any atom is -0.444 e. The molecule has 4 N–H and O–H groups in total. The van der Waals surface area contributed by atoms with E-state index in [1.807, 2.05) is 69.6 Å². The Hall–Kier alpha value is -5.45. The molecule has 0 saturated carbocycles. The van der Waals surface area contributed by atoms with Crippen LogP contribution in [-0.2, 0) is 48.3 Å². The van der Waals surface area contributed by atoms with E-state index >= 15 is 0 Å². The van der Waals surface area contributed by atoms with Crippen LogP contribution in [-0.4, -0.2) is 64.4 Å². The highest BCUT2D eigenvalue weighted by Gasteiger charge is 2.18. The van der Waals surface area contributed by atoms with E-state index in [0.717, 1.165) is 23.1 Å². The smallest absolute Gasteiger partial charge is 0.412 e. The Kier molecular flexibility index (Phi) is 20.7. The lowest BCUT2D eigenvalue weighted by molar-refractivity contribution is 0.0624. The average molecular weight is 828 g/mol. The highest BCUT2D eigenvalue weighted by Crippen LogP contribution is 2.17. The first-order valence-corrected chi connectivity index (χ1v) is 20.4. The fraction of sp³-hybridized carbons (Fsp3) is 0.429. The number of aliphatic hydroxyl groups is 1. The second-order valence-electron chi connectivity index (χ2n) is 15.3. The second kappa shape index (κ2) is 23.7. The van der Waals surface area contributed by atoms with E-state index in [4.69, 9.17) is 19.3 Å². The lowest BCUT2D eigenvalue weighted by atomic mass is 10.2. The number of ether oxygens (including phenoxy) is 3. The van der Waals surface area contributed by atoms with Gasteiger partial charge < -0.3 is 23.9 Å². The summed E-state index contributed by atoms with van der Waals surface area (Å²) in [7, 11) is -3.49. The Balaban J connectivity index is 0.000000429. The van der Waals surface area contributed by atoms with E-state index in [1.54, 1.807) is 103 Å². The number of hydrogen-bond acceptors (Lipinski definition) is 11. The van der Waals surface area contributed by atoms with Gasteiger partial charge in [-0.3, -0.25) is 20.1 Å². The van der Waals surface area contributed by atoms with Crippen LogP contribution >= 0.6 is 0 Å². The van der Waals surface area contributed by atoms with Gasteiger partial charge in [-0.25, -0.2) is 19.4 Å². The van der Waals surface area contributed by atoms with E-state index in [9.17, 15) is 22.8 Å². The number of anilines is 3. The number of carbonyl (C=O) groups excluding carboxylic acids is 3. The molecule has 4 rings (SSSR count). The number of rotatable bonds is 9. The Morgan fingerprint density at radius 1 is 0.655 bits per heavy atom. The molecule has 0 atom stereocenters. The van der Waals surface area contributed by atoms with Crippen LogP contribution in [0, 0.1) is 0 Å². The Bertz CT molecular complexity index is 1960. The molecular formula is C42H61N5O10S. The number of nitrogens with zero attached hydrogens (tertiary/aromatic N) is 2. The van der Waals surface area contributed by atoms with Crippen molar-refractivity contribution >= 4 is 45.5 Å². The first kappa shape index (κ1) is 50.6. The van der Waals surface area contributed by atoms with E-state index < -0.39 is 45.2 Å². The van der Waals surface area contributed by atoms with Crippen molar-refractivity contribution in [2.24, 2.45) is 0 Å². The average Bonchev–Trinajstić information content (AvgIpc) is 3.59. The van der Waals surface area contributed by atoms with Gasteiger partial charge in [-0.1, -0.05) is 50.2 Å². The molecule has 320 valence electrons. The van der Waals surface area contributed by atoms with Crippen molar-refractivity contribution in [2.45, 2.75) is 113 Å². The molecule has 4 aromatic rings.